The molecule has 0 unspecified atom stereocenters. The van der Waals surface area contributed by atoms with Crippen molar-refractivity contribution in [3.63, 3.8) is 0 Å². The third-order valence-electron chi connectivity index (χ3n) is 5.13. The zero-order valence-electron chi connectivity index (χ0n) is 12.1. The average Bonchev–Trinajstić information content (AvgIpc) is 2.86. The Hall–Kier alpha value is -0.160. The molecular formula is C15H27NO3. The van der Waals surface area contributed by atoms with Gasteiger partial charge in [0.2, 0.25) is 0 Å². The van der Waals surface area contributed by atoms with Gasteiger partial charge in [0.25, 0.3) is 0 Å². The van der Waals surface area contributed by atoms with Gasteiger partial charge >= 0.3 is 0 Å². The van der Waals surface area contributed by atoms with Crippen molar-refractivity contribution in [2.75, 3.05) is 46.6 Å². The zero-order valence-corrected chi connectivity index (χ0v) is 12.1. The lowest BCUT2D eigenvalue weighted by atomic mass is 9.87. The van der Waals surface area contributed by atoms with Gasteiger partial charge in [-0.25, -0.2) is 0 Å². The third-order valence-corrected chi connectivity index (χ3v) is 5.13. The van der Waals surface area contributed by atoms with Crippen molar-refractivity contribution >= 4 is 0 Å². The lowest BCUT2D eigenvalue weighted by molar-refractivity contribution is -0.0496. The first-order valence-electron chi connectivity index (χ1n) is 7.76. The molecule has 0 amide bonds. The number of piperidine rings is 1. The Morgan fingerprint density at radius 1 is 1.21 bits per heavy atom. The van der Waals surface area contributed by atoms with E-state index in [1.807, 2.05) is 0 Å². The normalized spacial score (nSPS) is 33.0. The molecular weight excluding hydrogens is 242 g/mol. The van der Waals surface area contributed by atoms with E-state index in [2.05, 4.69) is 4.90 Å². The molecule has 110 valence electrons. The van der Waals surface area contributed by atoms with Gasteiger partial charge in [-0.2, -0.15) is 0 Å². The van der Waals surface area contributed by atoms with E-state index < -0.39 is 0 Å². The van der Waals surface area contributed by atoms with Crippen molar-refractivity contribution in [2.45, 2.75) is 43.8 Å². The molecule has 0 N–H and O–H groups in total. The monoisotopic (exact) mass is 269 g/mol. The quantitative estimate of drug-likeness (QED) is 0.780. The number of hydrogen-bond donors (Lipinski definition) is 0. The predicted molar refractivity (Wildman–Crippen MR) is 73.3 cm³/mol. The number of methoxy groups -OCH3 is 1. The summed E-state index contributed by atoms with van der Waals surface area (Å²) in [6, 6.07) is 0. The average molecular weight is 269 g/mol. The van der Waals surface area contributed by atoms with Crippen LogP contribution < -0.4 is 0 Å². The molecule has 1 spiro atoms. The molecule has 3 saturated heterocycles. The highest BCUT2D eigenvalue weighted by Crippen LogP contribution is 2.37. The maximum atomic E-state index is 6.05. The van der Waals surface area contributed by atoms with E-state index in [-0.39, 0.29) is 5.60 Å². The molecule has 3 aliphatic heterocycles. The maximum absolute atomic E-state index is 6.05. The standard InChI is InChI=1S/C15H27NO3/c1-17-14-10-15(19-12-14)4-6-16(7-5-15)11-13-2-8-18-9-3-13/h13-14H,2-12H2,1H3/t14-/m1/s1. The predicted octanol–water partition coefficient (Wildman–Crippen LogP) is 1.68. The first-order valence-corrected chi connectivity index (χ1v) is 7.76. The topological polar surface area (TPSA) is 30.9 Å². The van der Waals surface area contributed by atoms with Crippen LogP contribution >= 0.6 is 0 Å². The summed E-state index contributed by atoms with van der Waals surface area (Å²) in [7, 11) is 1.80. The largest absolute Gasteiger partial charge is 0.381 e. The minimum absolute atomic E-state index is 0.132. The lowest BCUT2D eigenvalue weighted by Crippen LogP contribution is -2.46. The van der Waals surface area contributed by atoms with Crippen molar-refractivity contribution in [3.05, 3.63) is 0 Å². The fourth-order valence-corrected chi connectivity index (χ4v) is 3.74. The number of hydrogen-bond acceptors (Lipinski definition) is 4. The van der Waals surface area contributed by atoms with Crippen LogP contribution in [0.3, 0.4) is 0 Å². The van der Waals surface area contributed by atoms with Crippen LogP contribution in [0.2, 0.25) is 0 Å². The Morgan fingerprint density at radius 3 is 2.58 bits per heavy atom. The van der Waals surface area contributed by atoms with E-state index in [9.17, 15) is 0 Å². The van der Waals surface area contributed by atoms with Crippen molar-refractivity contribution in [1.82, 2.24) is 4.90 Å². The van der Waals surface area contributed by atoms with Gasteiger partial charge < -0.3 is 19.1 Å². The minimum atomic E-state index is 0.132. The van der Waals surface area contributed by atoms with Crippen LogP contribution in [0.5, 0.6) is 0 Å². The summed E-state index contributed by atoms with van der Waals surface area (Å²) in [6.45, 7) is 6.34. The molecule has 0 aromatic rings. The van der Waals surface area contributed by atoms with Crippen molar-refractivity contribution in [3.8, 4) is 0 Å². The molecule has 0 radical (unpaired) electrons. The van der Waals surface area contributed by atoms with Crippen molar-refractivity contribution < 1.29 is 14.2 Å². The number of likely N-dealkylation sites (tertiary alicyclic amines) is 1. The van der Waals surface area contributed by atoms with E-state index in [1.165, 1.54) is 45.3 Å². The SMILES string of the molecule is CO[C@H]1COC2(CCN(CC3CCOCC3)CC2)C1. The second-order valence-corrected chi connectivity index (χ2v) is 6.41. The van der Waals surface area contributed by atoms with Gasteiger partial charge in [-0.05, 0) is 31.6 Å². The molecule has 0 aromatic heterocycles. The molecule has 0 aliphatic carbocycles. The van der Waals surface area contributed by atoms with Crippen LogP contribution in [0.15, 0.2) is 0 Å². The second kappa shape index (κ2) is 6.08. The van der Waals surface area contributed by atoms with Gasteiger partial charge in [0, 0.05) is 46.4 Å². The van der Waals surface area contributed by atoms with E-state index in [0.29, 0.717) is 6.10 Å². The van der Waals surface area contributed by atoms with Crippen molar-refractivity contribution in [1.29, 1.82) is 0 Å². The lowest BCUT2D eigenvalue weighted by Gasteiger charge is -2.40. The summed E-state index contributed by atoms with van der Waals surface area (Å²) in [6.07, 6.45) is 6.25. The maximum Gasteiger partial charge on any atom is 0.0832 e. The van der Waals surface area contributed by atoms with Gasteiger partial charge in [0.15, 0.2) is 0 Å². The van der Waals surface area contributed by atoms with Crippen LogP contribution in [-0.2, 0) is 14.2 Å². The fourth-order valence-electron chi connectivity index (χ4n) is 3.74. The molecule has 1 atom stereocenters. The Kier molecular flexibility index (Phi) is 4.42. The summed E-state index contributed by atoms with van der Waals surface area (Å²) in [5.41, 5.74) is 0.132. The Labute approximate surface area is 116 Å². The van der Waals surface area contributed by atoms with Crippen LogP contribution in [-0.4, -0.2) is 63.2 Å². The van der Waals surface area contributed by atoms with Gasteiger partial charge in [0.1, 0.15) is 0 Å². The van der Waals surface area contributed by atoms with E-state index in [4.69, 9.17) is 14.2 Å². The molecule has 0 saturated carbocycles. The highest BCUT2D eigenvalue weighted by molar-refractivity contribution is 4.94. The molecule has 19 heavy (non-hydrogen) atoms. The van der Waals surface area contributed by atoms with E-state index >= 15 is 0 Å². The minimum Gasteiger partial charge on any atom is -0.381 e. The summed E-state index contributed by atoms with van der Waals surface area (Å²) < 4.78 is 16.9. The number of ether oxygens (including phenoxy) is 3. The Bertz CT molecular complexity index is 283. The molecule has 0 bridgehead atoms. The van der Waals surface area contributed by atoms with Crippen LogP contribution in [0.1, 0.15) is 32.1 Å². The number of rotatable bonds is 3. The van der Waals surface area contributed by atoms with Crippen LogP contribution in [0.25, 0.3) is 0 Å². The molecule has 4 nitrogen and oxygen atoms in total. The summed E-state index contributed by atoms with van der Waals surface area (Å²) in [4.78, 5) is 2.63. The van der Waals surface area contributed by atoms with Gasteiger partial charge in [-0.15, -0.1) is 0 Å². The molecule has 3 rings (SSSR count). The highest BCUT2D eigenvalue weighted by atomic mass is 16.6. The first-order chi connectivity index (χ1) is 9.30. The molecule has 3 heterocycles. The van der Waals surface area contributed by atoms with Crippen LogP contribution in [0.4, 0.5) is 0 Å². The smallest absolute Gasteiger partial charge is 0.0832 e. The van der Waals surface area contributed by atoms with Gasteiger partial charge in [-0.3, -0.25) is 0 Å². The summed E-state index contributed by atoms with van der Waals surface area (Å²) in [5.74, 6) is 0.846. The molecule has 3 aliphatic rings. The summed E-state index contributed by atoms with van der Waals surface area (Å²) >= 11 is 0. The molecule has 4 heteroatoms. The highest BCUT2D eigenvalue weighted by Gasteiger charge is 2.42. The van der Waals surface area contributed by atoms with Gasteiger partial charge in [0.05, 0.1) is 18.3 Å². The van der Waals surface area contributed by atoms with E-state index in [1.54, 1.807) is 7.11 Å². The third kappa shape index (κ3) is 3.30. The molecule has 3 fully saturated rings. The van der Waals surface area contributed by atoms with Crippen molar-refractivity contribution in [2.24, 2.45) is 5.92 Å². The Morgan fingerprint density at radius 2 is 1.95 bits per heavy atom. The van der Waals surface area contributed by atoms with E-state index in [0.717, 1.165) is 32.2 Å². The number of nitrogens with zero attached hydrogens (tertiary/aromatic N) is 1. The fraction of sp³-hybridized carbons (Fsp3) is 1.00. The van der Waals surface area contributed by atoms with Crippen LogP contribution in [0, 0.1) is 5.92 Å². The Balaban J connectivity index is 1.44. The van der Waals surface area contributed by atoms with Gasteiger partial charge in [-0.1, -0.05) is 0 Å². The first kappa shape index (κ1) is 13.8. The zero-order chi connectivity index (χ0) is 13.1. The molecule has 0 aromatic carbocycles. The summed E-state index contributed by atoms with van der Waals surface area (Å²) in [5, 5.41) is 0. The second-order valence-electron chi connectivity index (χ2n) is 6.41.